The molecule has 0 aliphatic rings. The largest absolute Gasteiger partial charge is 0.337 e. The van der Waals surface area contributed by atoms with Crippen molar-refractivity contribution < 1.29 is 4.79 Å². The summed E-state index contributed by atoms with van der Waals surface area (Å²) < 4.78 is 3.71. The van der Waals surface area contributed by atoms with Crippen LogP contribution in [0.2, 0.25) is 0 Å². The van der Waals surface area contributed by atoms with Crippen molar-refractivity contribution >= 4 is 11.8 Å². The second-order valence-corrected chi connectivity index (χ2v) is 6.54. The highest BCUT2D eigenvalue weighted by molar-refractivity contribution is 5.88. The number of hydrogen-bond donors (Lipinski definition) is 1. The Kier molecular flexibility index (Phi) is 6.14. The lowest BCUT2D eigenvalue weighted by Gasteiger charge is -2.22. The first-order chi connectivity index (χ1) is 13.1. The van der Waals surface area contributed by atoms with E-state index in [4.69, 9.17) is 0 Å². The average molecular weight is 368 g/mol. The van der Waals surface area contributed by atoms with Crippen molar-refractivity contribution in [2.75, 3.05) is 11.9 Å². The standard InChI is InChI=1S/C18H24N8O/c1-15(2)26-13-17(22-23-26)21-18(27)25(12-16-4-6-19-7-5-16)10-3-9-24-11-8-20-14-24/h4-8,11,13-15H,3,9-10,12H2,1-2H3,(H,21,27). The number of hydrogen-bond acceptors (Lipinski definition) is 5. The molecular formula is C18H24N8O. The van der Waals surface area contributed by atoms with E-state index in [0.717, 1.165) is 18.5 Å². The minimum Gasteiger partial charge on any atom is -0.337 e. The number of rotatable bonds is 8. The van der Waals surface area contributed by atoms with Crippen molar-refractivity contribution in [2.24, 2.45) is 0 Å². The van der Waals surface area contributed by atoms with Crippen molar-refractivity contribution in [3.63, 3.8) is 0 Å². The lowest BCUT2D eigenvalue weighted by atomic mass is 10.2. The fraction of sp³-hybridized carbons (Fsp3) is 0.389. The van der Waals surface area contributed by atoms with E-state index in [-0.39, 0.29) is 12.1 Å². The molecule has 0 saturated carbocycles. The molecule has 142 valence electrons. The minimum atomic E-state index is -0.201. The van der Waals surface area contributed by atoms with Crippen LogP contribution in [-0.2, 0) is 13.1 Å². The molecule has 3 heterocycles. The number of urea groups is 1. The molecule has 0 bridgehead atoms. The van der Waals surface area contributed by atoms with Gasteiger partial charge in [0, 0.05) is 50.5 Å². The molecule has 0 radical (unpaired) electrons. The molecule has 9 heteroatoms. The third kappa shape index (κ3) is 5.37. The first-order valence-corrected chi connectivity index (χ1v) is 8.94. The van der Waals surface area contributed by atoms with Gasteiger partial charge in [0.1, 0.15) is 0 Å². The molecule has 2 amide bonds. The molecule has 0 unspecified atom stereocenters. The molecular weight excluding hydrogens is 344 g/mol. The zero-order valence-electron chi connectivity index (χ0n) is 15.6. The average Bonchev–Trinajstić information content (AvgIpc) is 3.34. The van der Waals surface area contributed by atoms with Gasteiger partial charge in [0.2, 0.25) is 0 Å². The van der Waals surface area contributed by atoms with Gasteiger partial charge in [0.25, 0.3) is 0 Å². The lowest BCUT2D eigenvalue weighted by Crippen LogP contribution is -2.35. The molecule has 3 rings (SSSR count). The van der Waals surface area contributed by atoms with Crippen LogP contribution in [0.4, 0.5) is 10.6 Å². The van der Waals surface area contributed by atoms with Gasteiger partial charge >= 0.3 is 6.03 Å². The van der Waals surface area contributed by atoms with E-state index in [2.05, 4.69) is 25.6 Å². The smallest absolute Gasteiger partial charge is 0.323 e. The van der Waals surface area contributed by atoms with Crippen LogP contribution in [-0.4, -0.2) is 47.0 Å². The summed E-state index contributed by atoms with van der Waals surface area (Å²) in [4.78, 5) is 22.6. The Labute approximate surface area is 158 Å². The van der Waals surface area contributed by atoms with Crippen LogP contribution in [0.5, 0.6) is 0 Å². The van der Waals surface area contributed by atoms with E-state index >= 15 is 0 Å². The second kappa shape index (κ2) is 8.93. The second-order valence-electron chi connectivity index (χ2n) is 6.54. The number of aryl methyl sites for hydroxylation is 1. The summed E-state index contributed by atoms with van der Waals surface area (Å²) in [7, 11) is 0. The molecule has 0 spiro atoms. The maximum absolute atomic E-state index is 12.8. The van der Waals surface area contributed by atoms with Gasteiger partial charge in [-0.15, -0.1) is 5.10 Å². The number of amides is 2. The predicted octanol–water partition coefficient (Wildman–Crippen LogP) is 2.57. The highest BCUT2D eigenvalue weighted by Crippen LogP contribution is 2.10. The third-order valence-electron chi connectivity index (χ3n) is 4.09. The lowest BCUT2D eigenvalue weighted by molar-refractivity contribution is 0.207. The normalized spacial score (nSPS) is 10.9. The van der Waals surface area contributed by atoms with E-state index in [0.29, 0.717) is 18.9 Å². The minimum absolute atomic E-state index is 0.186. The van der Waals surface area contributed by atoms with E-state index in [9.17, 15) is 4.79 Å². The van der Waals surface area contributed by atoms with Gasteiger partial charge in [-0.25, -0.2) is 14.5 Å². The van der Waals surface area contributed by atoms with Gasteiger partial charge in [-0.3, -0.25) is 10.3 Å². The van der Waals surface area contributed by atoms with Crippen molar-refractivity contribution in [2.45, 2.75) is 39.4 Å². The number of anilines is 1. The predicted molar refractivity (Wildman–Crippen MR) is 101 cm³/mol. The summed E-state index contributed by atoms with van der Waals surface area (Å²) in [5.74, 6) is 0.447. The molecule has 0 aliphatic carbocycles. The summed E-state index contributed by atoms with van der Waals surface area (Å²) in [6, 6.07) is 3.80. The SMILES string of the molecule is CC(C)n1cc(NC(=O)N(CCCn2ccnc2)Cc2ccncc2)nn1. The zero-order chi connectivity index (χ0) is 19.1. The summed E-state index contributed by atoms with van der Waals surface area (Å²) >= 11 is 0. The van der Waals surface area contributed by atoms with Gasteiger partial charge in [-0.05, 0) is 38.0 Å². The van der Waals surface area contributed by atoms with Gasteiger partial charge in [-0.2, -0.15) is 0 Å². The maximum Gasteiger partial charge on any atom is 0.323 e. The van der Waals surface area contributed by atoms with Crippen LogP contribution in [0.3, 0.4) is 0 Å². The number of imidazole rings is 1. The molecule has 0 fully saturated rings. The van der Waals surface area contributed by atoms with E-state index in [1.165, 1.54) is 0 Å². The van der Waals surface area contributed by atoms with Crippen LogP contribution in [0.1, 0.15) is 31.9 Å². The molecule has 3 aromatic rings. The zero-order valence-corrected chi connectivity index (χ0v) is 15.6. The summed E-state index contributed by atoms with van der Waals surface area (Å²) in [5, 5.41) is 10.9. The first kappa shape index (κ1) is 18.6. The number of carbonyl (C=O) groups excluding carboxylic acids is 1. The van der Waals surface area contributed by atoms with Crippen LogP contribution < -0.4 is 5.32 Å². The number of nitrogens with zero attached hydrogens (tertiary/aromatic N) is 7. The molecule has 27 heavy (non-hydrogen) atoms. The van der Waals surface area contributed by atoms with Crippen LogP contribution in [0, 0.1) is 0 Å². The third-order valence-corrected chi connectivity index (χ3v) is 4.09. The first-order valence-electron chi connectivity index (χ1n) is 8.94. The monoisotopic (exact) mass is 368 g/mol. The Balaban J connectivity index is 1.64. The van der Waals surface area contributed by atoms with E-state index in [1.807, 2.05) is 36.7 Å². The molecule has 9 nitrogen and oxygen atoms in total. The Morgan fingerprint density at radius 3 is 2.70 bits per heavy atom. The van der Waals surface area contributed by atoms with Crippen molar-refractivity contribution in [1.29, 1.82) is 0 Å². The topological polar surface area (TPSA) is 93.8 Å². The molecule has 1 N–H and O–H groups in total. The fourth-order valence-corrected chi connectivity index (χ4v) is 2.60. The highest BCUT2D eigenvalue weighted by Gasteiger charge is 2.16. The Bertz CT molecular complexity index is 828. The Hall–Kier alpha value is -3.23. The van der Waals surface area contributed by atoms with E-state index < -0.39 is 0 Å². The van der Waals surface area contributed by atoms with Gasteiger partial charge in [0.15, 0.2) is 5.82 Å². The number of nitrogens with one attached hydrogen (secondary N) is 1. The van der Waals surface area contributed by atoms with Gasteiger partial charge < -0.3 is 9.47 Å². The molecule has 0 atom stereocenters. The molecule has 3 aromatic heterocycles. The van der Waals surface area contributed by atoms with Crippen LogP contribution in [0.25, 0.3) is 0 Å². The van der Waals surface area contributed by atoms with Crippen LogP contribution in [0.15, 0.2) is 49.4 Å². The summed E-state index contributed by atoms with van der Waals surface area (Å²) in [6.07, 6.45) is 11.4. The van der Waals surface area contributed by atoms with Crippen molar-refractivity contribution in [3.8, 4) is 0 Å². The molecule has 0 saturated heterocycles. The summed E-state index contributed by atoms with van der Waals surface area (Å²) in [6.45, 7) is 5.91. The maximum atomic E-state index is 12.8. The van der Waals surface area contributed by atoms with Crippen LogP contribution >= 0.6 is 0 Å². The Morgan fingerprint density at radius 1 is 1.22 bits per heavy atom. The van der Waals surface area contributed by atoms with Gasteiger partial charge in [0.05, 0.1) is 12.5 Å². The Morgan fingerprint density at radius 2 is 2.04 bits per heavy atom. The molecule has 0 aromatic carbocycles. The summed E-state index contributed by atoms with van der Waals surface area (Å²) in [5.41, 5.74) is 1.02. The number of pyridine rings is 1. The van der Waals surface area contributed by atoms with Gasteiger partial charge in [-0.1, -0.05) is 5.21 Å². The highest BCUT2D eigenvalue weighted by atomic mass is 16.2. The van der Waals surface area contributed by atoms with Crippen molar-refractivity contribution in [1.82, 2.24) is 34.4 Å². The number of carbonyl (C=O) groups is 1. The van der Waals surface area contributed by atoms with E-state index in [1.54, 1.807) is 40.7 Å². The molecule has 0 aliphatic heterocycles. The number of aromatic nitrogens is 6. The van der Waals surface area contributed by atoms with Crippen molar-refractivity contribution in [3.05, 3.63) is 55.0 Å². The quantitative estimate of drug-likeness (QED) is 0.659. The fourth-order valence-electron chi connectivity index (χ4n) is 2.60.